The number of hydrogen-bond acceptors (Lipinski definition) is 5. The first kappa shape index (κ1) is 23.3. The van der Waals surface area contributed by atoms with E-state index in [1.165, 1.54) is 6.07 Å². The number of para-hydroxylation sites is 1. The number of fused-ring (bicyclic) bond motifs is 4. The van der Waals surface area contributed by atoms with Crippen molar-refractivity contribution in [1.29, 1.82) is 0 Å². The molecule has 0 bridgehead atoms. The molecule has 180 valence electrons. The number of ether oxygens (including phenoxy) is 2. The summed E-state index contributed by atoms with van der Waals surface area (Å²) in [6, 6.07) is 15.3. The first-order valence-corrected chi connectivity index (χ1v) is 10.3. The number of halogens is 4. The average Bonchev–Trinajstić information content (AvgIpc) is 3.41. The summed E-state index contributed by atoms with van der Waals surface area (Å²) in [7, 11) is 0. The normalized spacial score (nSPS) is 17.9. The Morgan fingerprint density at radius 2 is 1.71 bits per heavy atom. The predicted molar refractivity (Wildman–Crippen MR) is 113 cm³/mol. The van der Waals surface area contributed by atoms with Gasteiger partial charge >= 0.3 is 0 Å². The summed E-state index contributed by atoms with van der Waals surface area (Å²) < 4.78 is 67.4. The number of rotatable bonds is 3. The third-order valence-corrected chi connectivity index (χ3v) is 5.86. The van der Waals surface area contributed by atoms with Gasteiger partial charge in [0.25, 0.3) is 0 Å². The molecule has 2 heterocycles. The number of pyridine rings is 1. The fourth-order valence-electron chi connectivity index (χ4n) is 4.30. The van der Waals surface area contributed by atoms with Crippen molar-refractivity contribution >= 4 is 16.8 Å². The third kappa shape index (κ3) is 3.74. The van der Waals surface area contributed by atoms with Crippen LogP contribution in [0.15, 0.2) is 53.5 Å². The van der Waals surface area contributed by atoms with Gasteiger partial charge < -0.3 is 14.6 Å². The number of benzene rings is 3. The summed E-state index contributed by atoms with van der Waals surface area (Å²) in [5, 5.41) is 10.8. The minimum absolute atomic E-state index is 0. The summed E-state index contributed by atoms with van der Waals surface area (Å²) >= 11 is 0. The zero-order valence-electron chi connectivity index (χ0n) is 17.5. The SMILES string of the molecule is Oc1cccc2ccc(Oc3[c-]c(C4=N[C@H]5c6c(F)c(F)c(F)c(F)c6C[C@H]5O4)ccc3)nc12.[Pt]. The third-order valence-electron chi connectivity index (χ3n) is 5.86. The molecule has 6 rings (SSSR count). The second kappa shape index (κ2) is 8.64. The average molecular weight is 660 g/mol. The van der Waals surface area contributed by atoms with Gasteiger partial charge in [-0.25, -0.2) is 22.5 Å². The van der Waals surface area contributed by atoms with Gasteiger partial charge in [-0.2, -0.15) is 0 Å². The van der Waals surface area contributed by atoms with Gasteiger partial charge in [-0.15, -0.1) is 18.2 Å². The van der Waals surface area contributed by atoms with Gasteiger partial charge in [-0.3, -0.25) is 4.99 Å². The molecular formula is C25H13F4N2O3Pt-. The summed E-state index contributed by atoms with van der Waals surface area (Å²) in [6.45, 7) is 0. The van der Waals surface area contributed by atoms with E-state index in [1.807, 2.05) is 0 Å². The second-order valence-electron chi connectivity index (χ2n) is 7.92. The standard InChI is InChI=1S/C25H13F4N2O3.Pt/c26-19-14-10-16-24(18(14)20(27)22(29)21(19)28)31-25(34-16)12-4-1-5-13(9-12)33-17-8-7-11-3-2-6-15(32)23(11)30-17;/h1-8,16,24,32H,10H2;/q-1;/t16-,24-;/m1./s1. The van der Waals surface area contributed by atoms with Crippen LogP contribution in [0.2, 0.25) is 0 Å². The maximum absolute atomic E-state index is 14.4. The van der Waals surface area contributed by atoms with E-state index in [-0.39, 0.29) is 61.9 Å². The first-order valence-electron chi connectivity index (χ1n) is 10.3. The number of nitrogens with zero attached hydrogens (tertiary/aromatic N) is 2. The Hall–Kier alpha value is -3.45. The fourth-order valence-corrected chi connectivity index (χ4v) is 4.30. The van der Waals surface area contributed by atoms with Crippen molar-refractivity contribution in [3.8, 4) is 17.4 Å². The molecule has 1 aromatic heterocycles. The molecule has 0 saturated carbocycles. The largest absolute Gasteiger partial charge is 0.514 e. The van der Waals surface area contributed by atoms with Gasteiger partial charge in [-0.05, 0) is 12.1 Å². The molecule has 0 spiro atoms. The number of hydrogen-bond donors (Lipinski definition) is 1. The smallest absolute Gasteiger partial charge is 0.217 e. The molecule has 1 aliphatic carbocycles. The molecule has 2 aliphatic rings. The first-order chi connectivity index (χ1) is 16.4. The van der Waals surface area contributed by atoms with Crippen LogP contribution in [0.3, 0.4) is 0 Å². The predicted octanol–water partition coefficient (Wildman–Crippen LogP) is 5.53. The van der Waals surface area contributed by atoms with Crippen LogP contribution in [-0.2, 0) is 32.2 Å². The van der Waals surface area contributed by atoms with E-state index >= 15 is 0 Å². The monoisotopic (exact) mass is 660 g/mol. The van der Waals surface area contributed by atoms with Crippen molar-refractivity contribution in [1.82, 2.24) is 4.98 Å². The number of aromatic nitrogens is 1. The van der Waals surface area contributed by atoms with Crippen LogP contribution >= 0.6 is 0 Å². The number of phenolic OH excluding ortho intramolecular Hbond substituents is 1. The quantitative estimate of drug-likeness (QED) is 0.136. The number of aliphatic imine (C=N–C) groups is 1. The van der Waals surface area contributed by atoms with Crippen LogP contribution in [0.4, 0.5) is 17.6 Å². The van der Waals surface area contributed by atoms with Crippen molar-refractivity contribution < 1.29 is 53.2 Å². The zero-order valence-corrected chi connectivity index (χ0v) is 19.7. The molecule has 1 aliphatic heterocycles. The van der Waals surface area contributed by atoms with Gasteiger partial charge in [0.05, 0.1) is 0 Å². The molecule has 4 aromatic rings. The molecule has 10 heteroatoms. The Kier molecular flexibility index (Phi) is 5.75. The molecular weight excluding hydrogens is 647 g/mol. The Morgan fingerprint density at radius 1 is 0.943 bits per heavy atom. The second-order valence-corrected chi connectivity index (χ2v) is 7.92. The molecule has 2 atom stereocenters. The Morgan fingerprint density at radius 3 is 2.54 bits per heavy atom. The van der Waals surface area contributed by atoms with Crippen LogP contribution in [0.5, 0.6) is 17.4 Å². The van der Waals surface area contributed by atoms with E-state index in [0.29, 0.717) is 11.1 Å². The summed E-state index contributed by atoms with van der Waals surface area (Å²) in [5.74, 6) is -5.97. The minimum atomic E-state index is -1.86. The maximum atomic E-state index is 14.4. The van der Waals surface area contributed by atoms with E-state index in [2.05, 4.69) is 16.0 Å². The fraction of sp³-hybridized carbons (Fsp3) is 0.120. The van der Waals surface area contributed by atoms with Crippen LogP contribution in [0, 0.1) is 29.3 Å². The van der Waals surface area contributed by atoms with Gasteiger partial charge in [0, 0.05) is 55.8 Å². The van der Waals surface area contributed by atoms with Gasteiger partial charge in [0.1, 0.15) is 29.3 Å². The topological polar surface area (TPSA) is 63.9 Å². The van der Waals surface area contributed by atoms with Crippen molar-refractivity contribution in [2.75, 3.05) is 0 Å². The van der Waals surface area contributed by atoms with Crippen molar-refractivity contribution in [2.24, 2.45) is 4.99 Å². The maximum Gasteiger partial charge on any atom is 0.217 e. The van der Waals surface area contributed by atoms with E-state index in [9.17, 15) is 22.7 Å². The molecule has 1 N–H and O–H groups in total. The van der Waals surface area contributed by atoms with Crippen LogP contribution in [0.25, 0.3) is 10.9 Å². The molecule has 5 nitrogen and oxygen atoms in total. The van der Waals surface area contributed by atoms with Gasteiger partial charge in [0.2, 0.25) is 5.88 Å². The van der Waals surface area contributed by atoms with Crippen molar-refractivity contribution in [2.45, 2.75) is 18.6 Å². The summed E-state index contributed by atoms with van der Waals surface area (Å²) in [6.07, 6.45) is -0.938. The molecule has 0 fully saturated rings. The number of phenols is 1. The minimum Gasteiger partial charge on any atom is -0.514 e. The van der Waals surface area contributed by atoms with Gasteiger partial charge in [-0.1, -0.05) is 23.8 Å². The Labute approximate surface area is 210 Å². The molecule has 0 amide bonds. The summed E-state index contributed by atoms with van der Waals surface area (Å²) in [4.78, 5) is 8.60. The molecule has 0 saturated heterocycles. The molecule has 3 aromatic carbocycles. The van der Waals surface area contributed by atoms with E-state index in [4.69, 9.17) is 9.47 Å². The van der Waals surface area contributed by atoms with E-state index in [0.717, 1.165) is 5.39 Å². The van der Waals surface area contributed by atoms with E-state index in [1.54, 1.807) is 42.5 Å². The zero-order chi connectivity index (χ0) is 23.6. The van der Waals surface area contributed by atoms with E-state index < -0.39 is 35.4 Å². The van der Waals surface area contributed by atoms with Crippen LogP contribution in [-0.4, -0.2) is 22.1 Å². The van der Waals surface area contributed by atoms with Crippen LogP contribution in [0.1, 0.15) is 22.7 Å². The molecule has 35 heavy (non-hydrogen) atoms. The van der Waals surface area contributed by atoms with Gasteiger partial charge in [0.15, 0.2) is 23.3 Å². The Bertz CT molecular complexity index is 1530. The number of aromatic hydroxyl groups is 1. The van der Waals surface area contributed by atoms with Crippen LogP contribution < -0.4 is 4.74 Å². The molecule has 0 radical (unpaired) electrons. The van der Waals surface area contributed by atoms with Crippen molar-refractivity contribution in [3.05, 3.63) is 94.6 Å². The summed E-state index contributed by atoms with van der Waals surface area (Å²) in [5.41, 5.74) is 0.162. The molecule has 0 unspecified atom stereocenters. The Balaban J connectivity index is 0.00000253. The van der Waals surface area contributed by atoms with Crippen molar-refractivity contribution in [3.63, 3.8) is 0 Å².